The van der Waals surface area contributed by atoms with Gasteiger partial charge in [0.2, 0.25) is 0 Å². The minimum Gasteiger partial charge on any atom is -0.475 e. The smallest absolute Gasteiger partial charge is 0.375 e. The van der Waals surface area contributed by atoms with Crippen molar-refractivity contribution in [1.82, 2.24) is 19.7 Å². The number of pyridine rings is 1. The van der Waals surface area contributed by atoms with Crippen molar-refractivity contribution in [3.63, 3.8) is 0 Å². The molecule has 3 heterocycles. The topological polar surface area (TPSA) is 93.3 Å². The number of benzene rings is 1. The molecule has 0 radical (unpaired) electrons. The molecular formula is C17H10Cl2FN5O2. The van der Waals surface area contributed by atoms with Gasteiger partial charge in [0.1, 0.15) is 11.7 Å². The van der Waals surface area contributed by atoms with Crippen LogP contribution in [0.4, 0.5) is 4.39 Å². The van der Waals surface area contributed by atoms with E-state index in [9.17, 15) is 14.3 Å². The number of aliphatic imine (C=N–C) groups is 1. The minimum absolute atomic E-state index is 0.000947. The van der Waals surface area contributed by atoms with Gasteiger partial charge in [0, 0.05) is 11.8 Å². The van der Waals surface area contributed by atoms with Gasteiger partial charge in [0.25, 0.3) is 5.82 Å². The average molecular weight is 406 g/mol. The summed E-state index contributed by atoms with van der Waals surface area (Å²) in [5.41, 5.74) is 0.869. The summed E-state index contributed by atoms with van der Waals surface area (Å²) in [7, 11) is 0. The van der Waals surface area contributed by atoms with Crippen molar-refractivity contribution < 1.29 is 14.3 Å². The van der Waals surface area contributed by atoms with Crippen LogP contribution in [0.1, 0.15) is 40.7 Å². The summed E-state index contributed by atoms with van der Waals surface area (Å²) < 4.78 is 15.8. The molecule has 1 aliphatic rings. The van der Waals surface area contributed by atoms with E-state index < -0.39 is 17.8 Å². The molecule has 2 aromatic heterocycles. The van der Waals surface area contributed by atoms with Crippen molar-refractivity contribution in [1.29, 1.82) is 0 Å². The van der Waals surface area contributed by atoms with Crippen LogP contribution < -0.4 is 0 Å². The highest BCUT2D eigenvalue weighted by Crippen LogP contribution is 2.36. The van der Waals surface area contributed by atoms with E-state index in [2.05, 4.69) is 20.1 Å². The number of halogens is 3. The van der Waals surface area contributed by atoms with Gasteiger partial charge in [0.15, 0.2) is 11.6 Å². The van der Waals surface area contributed by atoms with Gasteiger partial charge in [-0.25, -0.2) is 18.9 Å². The van der Waals surface area contributed by atoms with Crippen LogP contribution in [0.25, 0.3) is 5.69 Å². The quantitative estimate of drug-likeness (QED) is 0.700. The average Bonchev–Trinajstić information content (AvgIpc) is 3.04. The molecule has 0 aliphatic carbocycles. The number of carboxylic acid groups (broad SMARTS) is 1. The van der Waals surface area contributed by atoms with E-state index in [1.165, 1.54) is 29.1 Å². The Morgan fingerprint density at radius 2 is 2.07 bits per heavy atom. The number of rotatable bonds is 2. The van der Waals surface area contributed by atoms with E-state index in [-0.39, 0.29) is 33.1 Å². The zero-order valence-corrected chi connectivity index (χ0v) is 15.2. The molecule has 4 rings (SSSR count). The summed E-state index contributed by atoms with van der Waals surface area (Å²) in [6.45, 7) is 1.69. The molecular weight excluding hydrogens is 396 g/mol. The Labute approximate surface area is 162 Å². The monoisotopic (exact) mass is 405 g/mol. The number of carbonyl (C=O) groups is 1. The second-order valence-corrected chi connectivity index (χ2v) is 6.54. The summed E-state index contributed by atoms with van der Waals surface area (Å²) in [4.78, 5) is 23.9. The maximum Gasteiger partial charge on any atom is 0.375 e. The molecule has 10 heteroatoms. The molecule has 136 valence electrons. The van der Waals surface area contributed by atoms with Gasteiger partial charge >= 0.3 is 5.97 Å². The highest BCUT2D eigenvalue weighted by molar-refractivity contribution is 6.45. The molecule has 1 unspecified atom stereocenters. The fourth-order valence-corrected chi connectivity index (χ4v) is 3.27. The maximum absolute atomic E-state index is 14.4. The molecule has 0 saturated heterocycles. The number of carboxylic acids is 1. The van der Waals surface area contributed by atoms with Crippen LogP contribution in [0, 0.1) is 5.82 Å². The van der Waals surface area contributed by atoms with Crippen molar-refractivity contribution >= 4 is 34.9 Å². The molecule has 7 nitrogen and oxygen atoms in total. The molecule has 0 saturated carbocycles. The van der Waals surface area contributed by atoms with E-state index in [0.717, 1.165) is 0 Å². The summed E-state index contributed by atoms with van der Waals surface area (Å²) in [5.74, 6) is -1.96. The fraction of sp³-hybridized carbons (Fsp3) is 0.118. The largest absolute Gasteiger partial charge is 0.475 e. The molecule has 1 atom stereocenters. The predicted octanol–water partition coefficient (Wildman–Crippen LogP) is 3.72. The van der Waals surface area contributed by atoms with Crippen molar-refractivity contribution in [3.05, 3.63) is 69.2 Å². The van der Waals surface area contributed by atoms with Crippen molar-refractivity contribution in [2.75, 3.05) is 0 Å². The molecule has 1 aromatic carbocycles. The molecule has 3 aromatic rings. The maximum atomic E-state index is 14.4. The number of aromatic carboxylic acids is 1. The van der Waals surface area contributed by atoms with Gasteiger partial charge in [-0.15, -0.1) is 5.10 Å². The third-order valence-corrected chi connectivity index (χ3v) is 4.84. The van der Waals surface area contributed by atoms with Crippen LogP contribution in [-0.4, -0.2) is 36.5 Å². The highest BCUT2D eigenvalue weighted by atomic mass is 35.5. The van der Waals surface area contributed by atoms with Crippen LogP contribution in [0.5, 0.6) is 0 Å². The van der Waals surface area contributed by atoms with Gasteiger partial charge in [-0.05, 0) is 31.2 Å². The molecule has 0 amide bonds. The molecule has 27 heavy (non-hydrogen) atoms. The van der Waals surface area contributed by atoms with Gasteiger partial charge in [0.05, 0.1) is 21.4 Å². The fourth-order valence-electron chi connectivity index (χ4n) is 2.86. The number of fused-ring (bicyclic) bond motifs is 3. The lowest BCUT2D eigenvalue weighted by Crippen LogP contribution is -2.13. The lowest BCUT2D eigenvalue weighted by atomic mass is 10.0. The molecule has 1 aliphatic heterocycles. The predicted molar refractivity (Wildman–Crippen MR) is 96.6 cm³/mol. The normalized spacial score (nSPS) is 15.6. The van der Waals surface area contributed by atoms with E-state index in [4.69, 9.17) is 23.2 Å². The number of hydrogen-bond donors (Lipinski definition) is 1. The van der Waals surface area contributed by atoms with Gasteiger partial charge in [-0.1, -0.05) is 23.2 Å². The van der Waals surface area contributed by atoms with Crippen LogP contribution in [0.2, 0.25) is 10.0 Å². The van der Waals surface area contributed by atoms with Gasteiger partial charge in [-0.3, -0.25) is 9.98 Å². The lowest BCUT2D eigenvalue weighted by molar-refractivity contribution is 0.0683. The second kappa shape index (κ2) is 6.40. The van der Waals surface area contributed by atoms with Crippen molar-refractivity contribution in [2.24, 2.45) is 4.99 Å². The minimum atomic E-state index is -1.27. The summed E-state index contributed by atoms with van der Waals surface area (Å²) in [6, 6.07) is 5.23. The van der Waals surface area contributed by atoms with E-state index in [1.807, 2.05) is 0 Å². The van der Waals surface area contributed by atoms with Gasteiger partial charge < -0.3 is 5.11 Å². The highest BCUT2D eigenvalue weighted by Gasteiger charge is 2.31. The van der Waals surface area contributed by atoms with Crippen LogP contribution in [0.15, 0.2) is 35.5 Å². The Bertz CT molecular complexity index is 1130. The van der Waals surface area contributed by atoms with E-state index in [0.29, 0.717) is 11.3 Å². The first-order valence-corrected chi connectivity index (χ1v) is 8.51. The van der Waals surface area contributed by atoms with Crippen LogP contribution >= 0.6 is 23.2 Å². The Kier molecular flexibility index (Phi) is 4.16. The van der Waals surface area contributed by atoms with E-state index in [1.54, 1.807) is 13.0 Å². The van der Waals surface area contributed by atoms with E-state index >= 15 is 0 Å². The summed E-state index contributed by atoms with van der Waals surface area (Å²) in [6.07, 6.45) is 1.44. The first kappa shape index (κ1) is 17.6. The lowest BCUT2D eigenvalue weighted by Gasteiger charge is -2.13. The third kappa shape index (κ3) is 2.77. The van der Waals surface area contributed by atoms with Crippen LogP contribution in [-0.2, 0) is 0 Å². The molecule has 0 spiro atoms. The third-order valence-electron chi connectivity index (χ3n) is 4.04. The Morgan fingerprint density at radius 1 is 1.30 bits per heavy atom. The molecule has 0 fully saturated rings. The molecule has 1 N–H and O–H groups in total. The Balaban J connectivity index is 2.08. The van der Waals surface area contributed by atoms with Crippen molar-refractivity contribution in [2.45, 2.75) is 13.0 Å². The standard InChI is InChI=1S/C17H10Cl2FN5O2/c1-7-16-23-15(17(26)27)24-25(16)10-5-4-8(18)12(19)11(10)14(22-7)13-9(20)3-2-6-21-13/h2-7H,1H3,(H,26,27). The summed E-state index contributed by atoms with van der Waals surface area (Å²) >= 11 is 12.6. The Hall–Kier alpha value is -2.84. The zero-order chi connectivity index (χ0) is 19.3. The molecule has 0 bridgehead atoms. The first-order valence-electron chi connectivity index (χ1n) is 7.76. The second-order valence-electron chi connectivity index (χ2n) is 5.75. The Morgan fingerprint density at radius 3 is 2.78 bits per heavy atom. The van der Waals surface area contributed by atoms with Crippen LogP contribution in [0.3, 0.4) is 0 Å². The van der Waals surface area contributed by atoms with Crippen molar-refractivity contribution in [3.8, 4) is 5.69 Å². The number of hydrogen-bond acceptors (Lipinski definition) is 5. The summed E-state index contributed by atoms with van der Waals surface area (Å²) in [5, 5.41) is 13.6. The SMILES string of the molecule is CC1N=C(c2ncccc2F)c2c(ccc(Cl)c2Cl)-n2nc(C(=O)O)nc21. The first-order chi connectivity index (χ1) is 12.9. The van der Waals surface area contributed by atoms with Gasteiger partial charge in [-0.2, -0.15) is 0 Å². The number of aromatic nitrogens is 4. The number of nitrogens with zero attached hydrogens (tertiary/aromatic N) is 5. The zero-order valence-electron chi connectivity index (χ0n) is 13.7.